The lowest BCUT2D eigenvalue weighted by molar-refractivity contribution is -0.131. The van der Waals surface area contributed by atoms with Gasteiger partial charge >= 0.3 is 0 Å². The maximum absolute atomic E-state index is 11.8. The highest BCUT2D eigenvalue weighted by molar-refractivity contribution is 5.76. The Bertz CT molecular complexity index is 470. The topological polar surface area (TPSA) is 65.5 Å². The number of piperazine rings is 1. The lowest BCUT2D eigenvalue weighted by atomic mass is 10.2. The summed E-state index contributed by atoms with van der Waals surface area (Å²) in [6.07, 6.45) is 2.20. The van der Waals surface area contributed by atoms with E-state index >= 15 is 0 Å². The Morgan fingerprint density at radius 2 is 2.00 bits per heavy atom. The monoisotopic (exact) mass is 290 g/mol. The smallest absolute Gasteiger partial charge is 0.221 e. The molecular weight excluding hydrogens is 268 g/mol. The molecule has 0 bridgehead atoms. The molecule has 6 nitrogen and oxygen atoms in total. The zero-order chi connectivity index (χ0) is 15.1. The van der Waals surface area contributed by atoms with E-state index < -0.39 is 0 Å². The predicted molar refractivity (Wildman–Crippen MR) is 79.4 cm³/mol. The Balaban J connectivity index is 1.62. The van der Waals surface area contributed by atoms with Crippen LogP contribution in [0.4, 0.5) is 0 Å². The minimum absolute atomic E-state index is 0.0367. The molecule has 0 spiro atoms. The second-order valence-corrected chi connectivity index (χ2v) is 5.20. The molecule has 2 amide bonds. The Hall–Kier alpha value is -1.95. The van der Waals surface area contributed by atoms with Gasteiger partial charge in [-0.25, -0.2) is 0 Å². The van der Waals surface area contributed by atoms with Crippen LogP contribution in [0, 0.1) is 0 Å². The van der Waals surface area contributed by atoms with Crippen molar-refractivity contribution in [1.29, 1.82) is 0 Å². The maximum Gasteiger partial charge on any atom is 0.221 e. The van der Waals surface area contributed by atoms with Gasteiger partial charge in [-0.15, -0.1) is 0 Å². The molecule has 1 fully saturated rings. The van der Waals surface area contributed by atoms with Gasteiger partial charge < -0.3 is 10.2 Å². The van der Waals surface area contributed by atoms with Crippen molar-refractivity contribution in [2.24, 2.45) is 0 Å². The number of nitrogens with zero attached hydrogens (tertiary/aromatic N) is 3. The van der Waals surface area contributed by atoms with Crippen LogP contribution in [-0.4, -0.2) is 59.3 Å². The van der Waals surface area contributed by atoms with Crippen LogP contribution in [-0.2, 0) is 16.1 Å². The minimum Gasteiger partial charge on any atom is -0.350 e. The second kappa shape index (κ2) is 7.73. The first-order chi connectivity index (χ1) is 10.1. The lowest BCUT2D eigenvalue weighted by Crippen LogP contribution is -2.48. The van der Waals surface area contributed by atoms with Gasteiger partial charge in [0.05, 0.1) is 12.2 Å². The largest absolute Gasteiger partial charge is 0.350 e. The first-order valence-corrected chi connectivity index (χ1v) is 7.29. The minimum atomic E-state index is 0.0367. The highest BCUT2D eigenvalue weighted by Gasteiger charge is 2.18. The summed E-state index contributed by atoms with van der Waals surface area (Å²) in [6, 6.07) is 5.65. The number of carbonyl (C=O) groups excluding carboxylic acids is 2. The number of pyridine rings is 1. The molecule has 6 heteroatoms. The molecule has 0 unspecified atom stereocenters. The van der Waals surface area contributed by atoms with E-state index in [9.17, 15) is 9.59 Å². The predicted octanol–water partition coefficient (Wildman–Crippen LogP) is 0.252. The summed E-state index contributed by atoms with van der Waals surface area (Å²) in [5.74, 6) is 0.164. The molecule has 0 aliphatic carbocycles. The molecule has 114 valence electrons. The average molecular weight is 290 g/mol. The molecule has 2 heterocycles. The molecule has 1 aromatic heterocycles. The SMILES string of the molecule is CC(=O)N1CCN(CCC(=O)NCc2ccccn2)CC1. The fourth-order valence-corrected chi connectivity index (χ4v) is 2.33. The van der Waals surface area contributed by atoms with Crippen molar-refractivity contribution in [1.82, 2.24) is 20.1 Å². The highest BCUT2D eigenvalue weighted by Crippen LogP contribution is 2.03. The second-order valence-electron chi connectivity index (χ2n) is 5.20. The van der Waals surface area contributed by atoms with Crippen molar-refractivity contribution in [3.63, 3.8) is 0 Å². The number of hydrogen-bond acceptors (Lipinski definition) is 4. The van der Waals surface area contributed by atoms with Gasteiger partial charge in [-0.3, -0.25) is 19.5 Å². The normalized spacial score (nSPS) is 15.8. The van der Waals surface area contributed by atoms with Gasteiger partial charge in [-0.2, -0.15) is 0 Å². The first kappa shape index (κ1) is 15.4. The van der Waals surface area contributed by atoms with Crippen molar-refractivity contribution in [2.45, 2.75) is 19.9 Å². The molecule has 1 aliphatic heterocycles. The summed E-state index contributed by atoms with van der Waals surface area (Å²) in [5, 5.41) is 2.87. The summed E-state index contributed by atoms with van der Waals surface area (Å²) in [6.45, 7) is 5.99. The van der Waals surface area contributed by atoms with E-state index in [1.54, 1.807) is 13.1 Å². The number of rotatable bonds is 5. The molecule has 2 rings (SSSR count). The van der Waals surface area contributed by atoms with Crippen molar-refractivity contribution in [2.75, 3.05) is 32.7 Å². The summed E-state index contributed by atoms with van der Waals surface area (Å²) in [5.41, 5.74) is 0.862. The Morgan fingerprint density at radius 3 is 2.62 bits per heavy atom. The van der Waals surface area contributed by atoms with Crippen LogP contribution in [0.5, 0.6) is 0 Å². The number of nitrogens with one attached hydrogen (secondary N) is 1. The van der Waals surface area contributed by atoms with Gasteiger partial charge in [0.1, 0.15) is 0 Å². The molecule has 1 aromatic rings. The fraction of sp³-hybridized carbons (Fsp3) is 0.533. The number of aromatic nitrogens is 1. The van der Waals surface area contributed by atoms with Crippen molar-refractivity contribution in [3.8, 4) is 0 Å². The molecule has 1 aliphatic rings. The summed E-state index contributed by atoms with van der Waals surface area (Å²) >= 11 is 0. The Kier molecular flexibility index (Phi) is 5.68. The van der Waals surface area contributed by atoms with Crippen LogP contribution >= 0.6 is 0 Å². The van der Waals surface area contributed by atoms with Gasteiger partial charge in [-0.1, -0.05) is 6.07 Å². The first-order valence-electron chi connectivity index (χ1n) is 7.29. The Morgan fingerprint density at radius 1 is 1.24 bits per heavy atom. The fourth-order valence-electron chi connectivity index (χ4n) is 2.33. The number of carbonyl (C=O) groups is 2. The summed E-state index contributed by atoms with van der Waals surface area (Å²) in [7, 11) is 0. The quantitative estimate of drug-likeness (QED) is 0.844. The number of amides is 2. The van der Waals surface area contributed by atoms with Crippen LogP contribution in [0.2, 0.25) is 0 Å². The highest BCUT2D eigenvalue weighted by atomic mass is 16.2. The molecule has 0 atom stereocenters. The van der Waals surface area contributed by atoms with Gasteiger partial charge in [-0.05, 0) is 12.1 Å². The van der Waals surface area contributed by atoms with E-state index in [1.165, 1.54) is 0 Å². The van der Waals surface area contributed by atoms with E-state index in [0.717, 1.165) is 38.4 Å². The van der Waals surface area contributed by atoms with Crippen molar-refractivity contribution >= 4 is 11.8 Å². The van der Waals surface area contributed by atoms with E-state index in [-0.39, 0.29) is 11.8 Å². The van der Waals surface area contributed by atoms with Crippen LogP contribution in [0.3, 0.4) is 0 Å². The standard InChI is InChI=1S/C15H22N4O2/c1-13(20)19-10-8-18(9-11-19)7-5-15(21)17-12-14-4-2-3-6-16-14/h2-4,6H,5,7-12H2,1H3,(H,17,21). The van der Waals surface area contributed by atoms with Crippen LogP contribution in [0.15, 0.2) is 24.4 Å². The van der Waals surface area contributed by atoms with E-state index in [1.807, 2.05) is 23.1 Å². The molecule has 1 N–H and O–H groups in total. The lowest BCUT2D eigenvalue weighted by Gasteiger charge is -2.34. The third-order valence-corrected chi connectivity index (χ3v) is 3.67. The van der Waals surface area contributed by atoms with Crippen LogP contribution in [0.25, 0.3) is 0 Å². The molecule has 0 aromatic carbocycles. The number of hydrogen-bond donors (Lipinski definition) is 1. The van der Waals surface area contributed by atoms with E-state index in [2.05, 4.69) is 15.2 Å². The third-order valence-electron chi connectivity index (χ3n) is 3.67. The Labute approximate surface area is 125 Å². The zero-order valence-electron chi connectivity index (χ0n) is 12.4. The van der Waals surface area contributed by atoms with Crippen LogP contribution < -0.4 is 5.32 Å². The van der Waals surface area contributed by atoms with E-state index in [4.69, 9.17) is 0 Å². The summed E-state index contributed by atoms with van der Waals surface area (Å²) in [4.78, 5) is 31.3. The van der Waals surface area contributed by atoms with Gasteiger partial charge in [0.25, 0.3) is 0 Å². The van der Waals surface area contributed by atoms with Gasteiger partial charge in [0.15, 0.2) is 0 Å². The van der Waals surface area contributed by atoms with Gasteiger partial charge in [0.2, 0.25) is 11.8 Å². The van der Waals surface area contributed by atoms with Crippen LogP contribution in [0.1, 0.15) is 19.0 Å². The van der Waals surface area contributed by atoms with Gasteiger partial charge in [0, 0.05) is 52.3 Å². The molecule has 1 saturated heterocycles. The van der Waals surface area contributed by atoms with E-state index in [0.29, 0.717) is 13.0 Å². The maximum atomic E-state index is 11.8. The summed E-state index contributed by atoms with van der Waals surface area (Å²) < 4.78 is 0. The molecule has 0 radical (unpaired) electrons. The average Bonchev–Trinajstić information content (AvgIpc) is 2.52. The van der Waals surface area contributed by atoms with Crippen molar-refractivity contribution in [3.05, 3.63) is 30.1 Å². The third kappa shape index (κ3) is 5.15. The molecule has 0 saturated carbocycles. The molecule has 21 heavy (non-hydrogen) atoms. The molecular formula is C15H22N4O2. The van der Waals surface area contributed by atoms with Crippen molar-refractivity contribution < 1.29 is 9.59 Å². The zero-order valence-corrected chi connectivity index (χ0v) is 12.4.